The normalized spacial score (nSPS) is 12.5. The first-order valence-corrected chi connectivity index (χ1v) is 9.12. The van der Waals surface area contributed by atoms with Gasteiger partial charge in [-0.1, -0.05) is 32.0 Å². The molecule has 120 valence electrons. The Morgan fingerprint density at radius 3 is 2.86 bits per heavy atom. The van der Waals surface area contributed by atoms with E-state index in [4.69, 9.17) is 0 Å². The first-order chi connectivity index (χ1) is 10.5. The fourth-order valence-electron chi connectivity index (χ4n) is 2.17. The van der Waals surface area contributed by atoms with Gasteiger partial charge in [0.1, 0.15) is 4.83 Å². The highest BCUT2D eigenvalue weighted by Gasteiger charge is 2.17. The number of aryl methyl sites for hydroxylation is 1. The van der Waals surface area contributed by atoms with Crippen molar-refractivity contribution in [1.82, 2.24) is 15.3 Å². The van der Waals surface area contributed by atoms with Crippen LogP contribution >= 0.6 is 23.1 Å². The molecule has 5 nitrogen and oxygen atoms in total. The molecule has 0 aromatic carbocycles. The molecule has 0 spiro atoms. The highest BCUT2D eigenvalue weighted by molar-refractivity contribution is 7.99. The van der Waals surface area contributed by atoms with Crippen molar-refractivity contribution < 1.29 is 4.79 Å². The minimum atomic E-state index is -0.105. The Labute approximate surface area is 137 Å². The number of rotatable bonds is 6. The molecule has 2 aromatic heterocycles. The minimum absolute atomic E-state index is 0.0902. The second-order valence-corrected chi connectivity index (χ2v) is 7.53. The van der Waals surface area contributed by atoms with Crippen LogP contribution in [0.15, 0.2) is 9.95 Å². The van der Waals surface area contributed by atoms with E-state index in [0.717, 1.165) is 28.1 Å². The van der Waals surface area contributed by atoms with Crippen LogP contribution < -0.4 is 10.9 Å². The molecule has 22 heavy (non-hydrogen) atoms. The van der Waals surface area contributed by atoms with Gasteiger partial charge in [-0.25, -0.2) is 4.98 Å². The molecule has 2 N–H and O–H groups in total. The molecule has 2 heterocycles. The third-order valence-electron chi connectivity index (χ3n) is 3.71. The summed E-state index contributed by atoms with van der Waals surface area (Å²) < 4.78 is 0. The zero-order valence-electron chi connectivity index (χ0n) is 13.3. The molecule has 0 fully saturated rings. The van der Waals surface area contributed by atoms with E-state index in [-0.39, 0.29) is 17.2 Å². The molecule has 2 aromatic rings. The van der Waals surface area contributed by atoms with E-state index in [1.165, 1.54) is 11.8 Å². The summed E-state index contributed by atoms with van der Waals surface area (Å²) in [5.74, 6) is 0.695. The Morgan fingerprint density at radius 1 is 1.50 bits per heavy atom. The number of thioether (sulfide) groups is 1. The van der Waals surface area contributed by atoms with E-state index in [9.17, 15) is 9.59 Å². The molecule has 0 radical (unpaired) electrons. The molecule has 0 saturated carbocycles. The Balaban J connectivity index is 2.36. The molecular weight excluding hydrogens is 318 g/mol. The van der Waals surface area contributed by atoms with Gasteiger partial charge in [0.2, 0.25) is 5.91 Å². The topological polar surface area (TPSA) is 74.8 Å². The fourth-order valence-corrected chi connectivity index (χ4v) is 4.01. The van der Waals surface area contributed by atoms with Crippen molar-refractivity contribution in [1.29, 1.82) is 0 Å². The van der Waals surface area contributed by atoms with Crippen LogP contribution in [-0.4, -0.2) is 28.7 Å². The van der Waals surface area contributed by atoms with Crippen molar-refractivity contribution in [3.05, 3.63) is 20.8 Å². The molecule has 0 aliphatic heterocycles. The number of amides is 1. The van der Waals surface area contributed by atoms with Crippen molar-refractivity contribution in [3.63, 3.8) is 0 Å². The maximum atomic E-state index is 12.4. The number of carbonyl (C=O) groups is 1. The van der Waals surface area contributed by atoms with Crippen molar-refractivity contribution in [2.75, 3.05) is 12.8 Å². The van der Waals surface area contributed by atoms with Crippen LogP contribution in [0.4, 0.5) is 0 Å². The van der Waals surface area contributed by atoms with Gasteiger partial charge in [0, 0.05) is 11.9 Å². The van der Waals surface area contributed by atoms with Crippen molar-refractivity contribution >= 4 is 39.2 Å². The Hall–Kier alpha value is -1.34. The number of thiophene rings is 1. The third-order valence-corrected chi connectivity index (χ3v) is 5.62. The third kappa shape index (κ3) is 3.70. The van der Waals surface area contributed by atoms with Gasteiger partial charge in [-0.05, 0) is 24.8 Å². The Bertz CT molecular complexity index is 736. The largest absolute Gasteiger partial charge is 0.358 e. The predicted octanol–water partition coefficient (Wildman–Crippen LogP) is 2.72. The van der Waals surface area contributed by atoms with E-state index in [0.29, 0.717) is 16.5 Å². The second-order valence-electron chi connectivity index (χ2n) is 5.37. The van der Waals surface area contributed by atoms with E-state index in [2.05, 4.69) is 29.1 Å². The predicted molar refractivity (Wildman–Crippen MR) is 92.9 cm³/mol. The van der Waals surface area contributed by atoms with Gasteiger partial charge in [0.15, 0.2) is 5.16 Å². The summed E-state index contributed by atoms with van der Waals surface area (Å²) >= 11 is 2.80. The summed E-state index contributed by atoms with van der Waals surface area (Å²) in [6.07, 6.45) is 1.99. The van der Waals surface area contributed by atoms with E-state index >= 15 is 0 Å². The van der Waals surface area contributed by atoms with E-state index in [1.54, 1.807) is 18.4 Å². The highest BCUT2D eigenvalue weighted by Crippen LogP contribution is 2.30. The number of aromatic nitrogens is 2. The molecule has 0 unspecified atom stereocenters. The first kappa shape index (κ1) is 17.0. The maximum Gasteiger partial charge on any atom is 0.260 e. The smallest absolute Gasteiger partial charge is 0.260 e. The summed E-state index contributed by atoms with van der Waals surface area (Å²) in [5.41, 5.74) is 1.01. The summed E-state index contributed by atoms with van der Waals surface area (Å²) in [6.45, 7) is 6.39. The first-order valence-electron chi connectivity index (χ1n) is 7.31. The number of nitrogens with one attached hydrogen (secondary N) is 2. The van der Waals surface area contributed by atoms with Gasteiger partial charge < -0.3 is 10.3 Å². The number of nitrogens with zero attached hydrogens (tertiary/aromatic N) is 1. The van der Waals surface area contributed by atoms with Crippen LogP contribution in [0.5, 0.6) is 0 Å². The van der Waals surface area contributed by atoms with Gasteiger partial charge in [0.25, 0.3) is 5.56 Å². The Kier molecular flexibility index (Phi) is 5.63. The maximum absolute atomic E-state index is 12.4. The van der Waals surface area contributed by atoms with Crippen LogP contribution in [0, 0.1) is 12.8 Å². The average molecular weight is 339 g/mol. The van der Waals surface area contributed by atoms with Crippen LogP contribution in [0.3, 0.4) is 0 Å². The van der Waals surface area contributed by atoms with Gasteiger partial charge in [-0.2, -0.15) is 0 Å². The van der Waals surface area contributed by atoms with Gasteiger partial charge in [-0.3, -0.25) is 9.59 Å². The minimum Gasteiger partial charge on any atom is -0.358 e. The zero-order chi connectivity index (χ0) is 16.3. The van der Waals surface area contributed by atoms with Crippen LogP contribution in [0.1, 0.15) is 30.7 Å². The second kappa shape index (κ2) is 7.28. The molecule has 7 heteroatoms. The van der Waals surface area contributed by atoms with Crippen molar-refractivity contribution in [3.8, 4) is 0 Å². The molecule has 1 atom stereocenters. The van der Waals surface area contributed by atoms with Crippen LogP contribution in [0.25, 0.3) is 10.2 Å². The van der Waals surface area contributed by atoms with Crippen LogP contribution in [-0.2, 0) is 11.2 Å². The number of fused-ring (bicyclic) bond motifs is 1. The van der Waals surface area contributed by atoms with Crippen LogP contribution in [0.2, 0.25) is 0 Å². The number of hydrogen-bond donors (Lipinski definition) is 2. The summed E-state index contributed by atoms with van der Waals surface area (Å²) in [4.78, 5) is 32.9. The molecule has 1 amide bonds. The number of hydrogen-bond acceptors (Lipinski definition) is 5. The molecule has 0 bridgehead atoms. The lowest BCUT2D eigenvalue weighted by molar-refractivity contribution is -0.118. The monoisotopic (exact) mass is 339 g/mol. The average Bonchev–Trinajstić information content (AvgIpc) is 2.80. The van der Waals surface area contributed by atoms with Crippen molar-refractivity contribution in [2.45, 2.75) is 38.8 Å². The van der Waals surface area contributed by atoms with Gasteiger partial charge in [0.05, 0.1) is 11.1 Å². The molecule has 0 aliphatic carbocycles. The molecule has 2 rings (SSSR count). The van der Waals surface area contributed by atoms with Gasteiger partial charge >= 0.3 is 0 Å². The van der Waals surface area contributed by atoms with E-state index in [1.807, 2.05) is 6.92 Å². The van der Waals surface area contributed by atoms with Gasteiger partial charge in [-0.15, -0.1) is 11.3 Å². The molecular formula is C15H21N3O2S2. The molecule has 0 aliphatic rings. The molecule has 0 saturated heterocycles. The number of H-pyrrole nitrogens is 1. The highest BCUT2D eigenvalue weighted by atomic mass is 32.2. The SMILES string of the molecule is CC[C@H](C)Cc1c(C)sc2nc(SCC(=O)NC)[nH]c(=O)c12. The quantitative estimate of drug-likeness (QED) is 0.627. The van der Waals surface area contributed by atoms with E-state index < -0.39 is 0 Å². The van der Waals surface area contributed by atoms with Crippen molar-refractivity contribution in [2.24, 2.45) is 5.92 Å². The standard InChI is InChI=1S/C15H21N3O2S2/c1-5-8(2)6-10-9(3)22-14-12(10)13(20)17-15(18-14)21-7-11(19)16-4/h8H,5-7H2,1-4H3,(H,16,19)(H,17,18,20)/t8-/m0/s1. The lowest BCUT2D eigenvalue weighted by Gasteiger charge is -2.08. The lowest BCUT2D eigenvalue weighted by atomic mass is 9.98. The Morgan fingerprint density at radius 2 is 2.23 bits per heavy atom. The summed E-state index contributed by atoms with van der Waals surface area (Å²) in [7, 11) is 1.59. The summed E-state index contributed by atoms with van der Waals surface area (Å²) in [6, 6.07) is 0. The number of carbonyl (C=O) groups excluding carboxylic acids is 1. The zero-order valence-corrected chi connectivity index (χ0v) is 14.9. The number of aromatic amines is 1. The lowest BCUT2D eigenvalue weighted by Crippen LogP contribution is -2.20. The summed E-state index contributed by atoms with van der Waals surface area (Å²) in [5, 5.41) is 3.76. The fraction of sp³-hybridized carbons (Fsp3) is 0.533.